The van der Waals surface area contributed by atoms with Crippen LogP contribution < -0.4 is 15.6 Å². The molecule has 1 atom stereocenters. The number of pyridine rings is 1. The monoisotopic (exact) mass is 696 g/mol. The van der Waals surface area contributed by atoms with E-state index in [2.05, 4.69) is 17.5 Å². The van der Waals surface area contributed by atoms with Gasteiger partial charge in [-0.25, -0.2) is 0 Å². The van der Waals surface area contributed by atoms with Crippen molar-refractivity contribution >= 4 is 16.7 Å². The second-order valence-electron chi connectivity index (χ2n) is 7.99. The summed E-state index contributed by atoms with van der Waals surface area (Å²) in [6.07, 6.45) is 0.703. The van der Waals surface area contributed by atoms with Crippen molar-refractivity contribution in [2.75, 3.05) is 27.3 Å². The Morgan fingerprint density at radius 1 is 1.17 bits per heavy atom. The largest absolute Gasteiger partial charge is 2.00 e. The van der Waals surface area contributed by atoms with Gasteiger partial charge in [-0.3, -0.25) is 9.20 Å². The van der Waals surface area contributed by atoms with E-state index in [1.807, 2.05) is 47.0 Å². The Balaban J connectivity index is 0.00000216. The number of hydrogen-bond acceptors (Lipinski definition) is 5. The molecule has 35 heavy (non-hydrogen) atoms. The van der Waals surface area contributed by atoms with E-state index in [4.69, 9.17) is 9.47 Å². The fourth-order valence-corrected chi connectivity index (χ4v) is 4.21. The van der Waals surface area contributed by atoms with Crippen LogP contribution in [-0.2, 0) is 17.7 Å². The number of nitrogens with zero attached hydrogens (tertiary/aromatic N) is 3. The smallest absolute Gasteiger partial charge is 0.523 e. The Morgan fingerprint density at radius 3 is 2.60 bits per heavy atom. The number of ether oxygens (including phenoxy) is 2. The molecule has 0 spiro atoms. The molecule has 180 valence electrons. The number of methoxy groups -OCH3 is 2. The van der Waals surface area contributed by atoms with Crippen molar-refractivity contribution in [3.8, 4) is 11.8 Å². The topological polar surface area (TPSA) is 80.7 Å². The van der Waals surface area contributed by atoms with Gasteiger partial charge in [0, 0.05) is 25.5 Å². The Labute approximate surface area is 230 Å². The van der Waals surface area contributed by atoms with Crippen molar-refractivity contribution in [1.29, 1.82) is 5.26 Å². The summed E-state index contributed by atoms with van der Waals surface area (Å²) in [5.74, 6) is 0.729. The van der Waals surface area contributed by atoms with Crippen LogP contribution >= 0.6 is 0 Å². The molecule has 0 saturated carbocycles. The minimum Gasteiger partial charge on any atom is -0.523 e. The van der Waals surface area contributed by atoms with Gasteiger partial charge in [0.2, 0.25) is 0 Å². The molecule has 7 nitrogen and oxygen atoms in total. The quantitative estimate of drug-likeness (QED) is 0.214. The predicted octanol–water partition coefficient (Wildman–Crippen LogP) is 3.54. The summed E-state index contributed by atoms with van der Waals surface area (Å²) in [6, 6.07) is 20.4. The fraction of sp³-hybridized carbons (Fsp3) is 0.296. The van der Waals surface area contributed by atoms with Crippen molar-refractivity contribution in [1.82, 2.24) is 14.3 Å². The van der Waals surface area contributed by atoms with Gasteiger partial charge >= 0.3 is 31.1 Å². The molecule has 0 bridgehead atoms. The zero-order valence-electron chi connectivity index (χ0n) is 20.6. The number of nitriles is 1. The average Bonchev–Trinajstić information content (AvgIpc) is 3.15. The molecular formula is C27H30N4O3U. The molecule has 0 fully saturated rings. The third kappa shape index (κ3) is 6.00. The molecule has 1 N–H and O–H groups in total. The fourth-order valence-electron chi connectivity index (χ4n) is 4.21. The number of rotatable bonds is 9. The molecular weight excluding hydrogens is 666 g/mol. The van der Waals surface area contributed by atoms with E-state index in [9.17, 15) is 10.1 Å². The normalized spacial score (nSPS) is 11.5. The van der Waals surface area contributed by atoms with Crippen LogP contribution in [0.5, 0.6) is 5.75 Å². The first-order valence-electron chi connectivity index (χ1n) is 10.9. The number of nitrogens with one attached hydrogen (secondary N) is 1. The third-order valence-corrected chi connectivity index (χ3v) is 5.91. The molecule has 0 aliphatic carbocycles. The molecule has 2 aromatic heterocycles. The van der Waals surface area contributed by atoms with Crippen LogP contribution in [-0.4, -0.2) is 42.4 Å². The van der Waals surface area contributed by atoms with Gasteiger partial charge in [-0.2, -0.15) is 23.0 Å². The van der Waals surface area contributed by atoms with Gasteiger partial charge in [-0.15, -0.1) is 12.1 Å². The van der Waals surface area contributed by atoms with Crippen LogP contribution in [0.4, 0.5) is 0 Å². The second kappa shape index (κ2) is 13.0. The van der Waals surface area contributed by atoms with Gasteiger partial charge in [-0.05, 0) is 37.6 Å². The predicted molar refractivity (Wildman–Crippen MR) is 134 cm³/mol. The second-order valence-corrected chi connectivity index (χ2v) is 7.99. The Kier molecular flexibility index (Phi) is 10.6. The molecule has 0 aliphatic rings. The van der Waals surface area contributed by atoms with Crippen LogP contribution in [0.1, 0.15) is 16.7 Å². The summed E-state index contributed by atoms with van der Waals surface area (Å²) >= 11 is 0. The maximum atomic E-state index is 12.8. The van der Waals surface area contributed by atoms with Gasteiger partial charge in [-0.1, -0.05) is 12.1 Å². The minimum atomic E-state index is -0.148. The number of benzene rings is 2. The first-order chi connectivity index (χ1) is 16.1. The summed E-state index contributed by atoms with van der Waals surface area (Å²) in [4.78, 5) is 12.8. The van der Waals surface area contributed by atoms with Crippen LogP contribution in [0.3, 0.4) is 0 Å². The summed E-state index contributed by atoms with van der Waals surface area (Å²) in [5.41, 5.74) is 4.50. The zero-order valence-corrected chi connectivity index (χ0v) is 24.8. The van der Waals surface area contributed by atoms with E-state index in [1.165, 1.54) is 11.6 Å². The summed E-state index contributed by atoms with van der Waals surface area (Å²) < 4.78 is 14.7. The van der Waals surface area contributed by atoms with E-state index in [0.717, 1.165) is 29.7 Å². The molecule has 1 unspecified atom stereocenters. The zero-order chi connectivity index (χ0) is 23.4. The van der Waals surface area contributed by atoms with Crippen LogP contribution in [0.2, 0.25) is 0 Å². The van der Waals surface area contributed by atoms with Gasteiger partial charge in [0.25, 0.3) is 5.56 Å². The Hall–Kier alpha value is -2.55. The number of aryl methyl sites for hydroxylation is 1. The molecule has 4 aromatic rings. The standard InChI is InChI=1S/C26H27N4O3.CH3.U/c1-18-13-25(31)30-24-10-5-4-9-23(24)29(26(30)22(18)15-27)17-21(33-3)16-28-12-11-19-7-6-8-20(14-19)32-2;;/h4-7,9-10,13-14,21,28H,11-12,16-17H2,1-3H3;1H3;/q2*-1;+2. The summed E-state index contributed by atoms with van der Waals surface area (Å²) in [5, 5.41) is 13.3. The van der Waals surface area contributed by atoms with E-state index in [-0.39, 0.29) is 50.2 Å². The molecule has 2 heterocycles. The maximum Gasteiger partial charge on any atom is 2.00 e. The molecule has 0 aliphatic heterocycles. The van der Waals surface area contributed by atoms with Crippen LogP contribution in [0.15, 0.2) is 53.3 Å². The molecule has 0 saturated heterocycles. The number of imidazole rings is 1. The number of para-hydroxylation sites is 2. The van der Waals surface area contributed by atoms with E-state index >= 15 is 0 Å². The van der Waals surface area contributed by atoms with Crippen LogP contribution in [0, 0.1) is 62.9 Å². The number of fused-ring (bicyclic) bond motifs is 3. The summed E-state index contributed by atoms with van der Waals surface area (Å²) in [6.45, 7) is 3.71. The number of hydrogen-bond donors (Lipinski definition) is 1. The van der Waals surface area contributed by atoms with E-state index in [1.54, 1.807) is 25.5 Å². The van der Waals surface area contributed by atoms with Gasteiger partial charge in [0.1, 0.15) is 11.7 Å². The number of aromatic nitrogens is 2. The van der Waals surface area contributed by atoms with Crippen molar-refractivity contribution in [2.45, 2.75) is 26.0 Å². The van der Waals surface area contributed by atoms with Crippen molar-refractivity contribution < 1.29 is 40.6 Å². The van der Waals surface area contributed by atoms with Gasteiger partial charge in [0.05, 0.1) is 36.4 Å². The molecule has 4 rings (SSSR count). The minimum absolute atomic E-state index is 0. The SMILES string of the molecule is COc1[c-]ccc(CCNCC(Cn2c3ccccc3n3c(=O)cc(C)c(C#N)c23)OC)c1.[CH3-].[U+2]. The Bertz CT molecular complexity index is 1390. The Morgan fingerprint density at radius 2 is 1.91 bits per heavy atom. The molecule has 0 amide bonds. The van der Waals surface area contributed by atoms with Gasteiger partial charge in [0.15, 0.2) is 0 Å². The first-order valence-corrected chi connectivity index (χ1v) is 10.9. The first kappa shape index (κ1) is 28.7. The van der Waals surface area contributed by atoms with Crippen molar-refractivity contribution in [3.63, 3.8) is 0 Å². The molecule has 0 radical (unpaired) electrons. The summed E-state index contributed by atoms with van der Waals surface area (Å²) in [7, 11) is 3.32. The van der Waals surface area contributed by atoms with Gasteiger partial charge < -0.3 is 26.8 Å². The molecule has 2 aromatic carbocycles. The van der Waals surface area contributed by atoms with E-state index in [0.29, 0.717) is 29.9 Å². The maximum absolute atomic E-state index is 12.8. The van der Waals surface area contributed by atoms with Crippen LogP contribution in [0.25, 0.3) is 16.7 Å². The average molecular weight is 697 g/mol. The van der Waals surface area contributed by atoms with E-state index < -0.39 is 0 Å². The third-order valence-electron chi connectivity index (χ3n) is 5.91. The van der Waals surface area contributed by atoms with Crippen molar-refractivity contribution in [2.24, 2.45) is 0 Å². The van der Waals surface area contributed by atoms with Crippen molar-refractivity contribution in [3.05, 3.63) is 89.1 Å². The molecule has 8 heteroatoms.